The van der Waals surface area contributed by atoms with Crippen molar-refractivity contribution in [2.24, 2.45) is 5.92 Å². The van der Waals surface area contributed by atoms with Crippen molar-refractivity contribution in [3.8, 4) is 0 Å². The third kappa shape index (κ3) is 4.36. The number of piperazine rings is 1. The number of aryl methyl sites for hydroxylation is 1. The van der Waals surface area contributed by atoms with Crippen LogP contribution in [-0.4, -0.2) is 76.0 Å². The minimum atomic E-state index is 0.246. The summed E-state index contributed by atoms with van der Waals surface area (Å²) >= 11 is 0. The maximum atomic E-state index is 9.46. The number of hydrogen-bond donors (Lipinski definition) is 1. The van der Waals surface area contributed by atoms with E-state index >= 15 is 0 Å². The molecule has 0 bridgehead atoms. The maximum Gasteiger partial charge on any atom is 0.240 e. The van der Waals surface area contributed by atoms with Crippen molar-refractivity contribution >= 4 is 11.6 Å². The molecule has 0 unspecified atom stereocenters. The van der Waals surface area contributed by atoms with E-state index in [1.54, 1.807) is 6.33 Å². The van der Waals surface area contributed by atoms with E-state index in [9.17, 15) is 5.11 Å². The second-order valence-electron chi connectivity index (χ2n) is 7.37. The van der Waals surface area contributed by atoms with Gasteiger partial charge in [0.25, 0.3) is 0 Å². The molecule has 0 aromatic carbocycles. The van der Waals surface area contributed by atoms with Crippen molar-refractivity contribution in [1.82, 2.24) is 25.0 Å². The van der Waals surface area contributed by atoms with Crippen molar-refractivity contribution in [2.75, 3.05) is 55.7 Å². The second kappa shape index (κ2) is 8.18. The lowest BCUT2D eigenvalue weighted by Gasteiger charge is -2.36. The summed E-state index contributed by atoms with van der Waals surface area (Å²) in [6.45, 7) is 8.30. The molecule has 2 saturated heterocycles. The first-order chi connectivity index (χ1) is 13.2. The molecule has 0 saturated carbocycles. The van der Waals surface area contributed by atoms with Gasteiger partial charge in [-0.05, 0) is 25.7 Å². The Morgan fingerprint density at radius 2 is 1.89 bits per heavy atom. The van der Waals surface area contributed by atoms with Crippen LogP contribution in [0, 0.1) is 12.8 Å². The zero-order valence-electron chi connectivity index (χ0n) is 15.8. The number of rotatable bonds is 5. The Labute approximate surface area is 159 Å². The maximum absolute atomic E-state index is 9.46. The van der Waals surface area contributed by atoms with Gasteiger partial charge < -0.3 is 19.4 Å². The summed E-state index contributed by atoms with van der Waals surface area (Å²) in [6.07, 6.45) is 3.84. The van der Waals surface area contributed by atoms with Crippen LogP contribution in [0.3, 0.4) is 0 Å². The fourth-order valence-corrected chi connectivity index (χ4v) is 3.84. The molecule has 27 heavy (non-hydrogen) atoms. The molecule has 2 aliphatic heterocycles. The van der Waals surface area contributed by atoms with Crippen LogP contribution < -0.4 is 9.80 Å². The van der Waals surface area contributed by atoms with Crippen molar-refractivity contribution in [3.63, 3.8) is 0 Å². The molecule has 2 aliphatic rings. The third-order valence-electron chi connectivity index (χ3n) is 5.36. The van der Waals surface area contributed by atoms with E-state index < -0.39 is 0 Å². The molecule has 2 fully saturated rings. The van der Waals surface area contributed by atoms with Crippen molar-refractivity contribution in [1.29, 1.82) is 0 Å². The summed E-state index contributed by atoms with van der Waals surface area (Å²) in [5.74, 6) is 3.63. The van der Waals surface area contributed by atoms with Gasteiger partial charge in [-0.2, -0.15) is 4.98 Å². The van der Waals surface area contributed by atoms with Crippen LogP contribution in [0.1, 0.15) is 24.6 Å². The summed E-state index contributed by atoms with van der Waals surface area (Å²) in [7, 11) is 0. The Hall–Kier alpha value is -2.26. The Bertz CT molecular complexity index is 745. The summed E-state index contributed by atoms with van der Waals surface area (Å²) in [5, 5.41) is 13.3. The molecule has 0 spiro atoms. The average molecular weight is 373 g/mol. The Morgan fingerprint density at radius 3 is 2.59 bits per heavy atom. The molecule has 9 nitrogen and oxygen atoms in total. The molecule has 4 heterocycles. The van der Waals surface area contributed by atoms with Gasteiger partial charge in [-0.1, -0.05) is 5.16 Å². The van der Waals surface area contributed by atoms with E-state index in [4.69, 9.17) is 4.52 Å². The molecular formula is C18H27N7O2. The molecule has 2 aromatic rings. The largest absolute Gasteiger partial charge is 0.396 e. The summed E-state index contributed by atoms with van der Waals surface area (Å²) in [6, 6.07) is 2.08. The molecule has 9 heteroatoms. The minimum absolute atomic E-state index is 0.246. The first-order valence-electron chi connectivity index (χ1n) is 9.65. The van der Waals surface area contributed by atoms with E-state index in [1.165, 1.54) is 0 Å². The molecule has 0 amide bonds. The lowest BCUT2D eigenvalue weighted by Crippen LogP contribution is -2.46. The van der Waals surface area contributed by atoms with Gasteiger partial charge in [0.1, 0.15) is 18.0 Å². The van der Waals surface area contributed by atoms with Gasteiger partial charge >= 0.3 is 0 Å². The van der Waals surface area contributed by atoms with Crippen molar-refractivity contribution in [2.45, 2.75) is 26.3 Å². The standard InChI is InChI=1S/C18H27N7O2/c1-14-21-18(27-22-14)11-23-5-7-24(8-6-23)16-9-17(20-13-19-16)25-4-2-3-15(10-25)12-26/h9,13,15,26H,2-8,10-12H2,1H3/t15-/m1/s1. The highest BCUT2D eigenvalue weighted by molar-refractivity contribution is 5.50. The summed E-state index contributed by atoms with van der Waals surface area (Å²) in [4.78, 5) is 20.1. The van der Waals surface area contributed by atoms with E-state index in [0.717, 1.165) is 63.7 Å². The van der Waals surface area contributed by atoms with E-state index in [0.29, 0.717) is 24.2 Å². The van der Waals surface area contributed by atoms with E-state index in [1.807, 2.05) is 6.92 Å². The molecule has 146 valence electrons. The molecule has 2 aromatic heterocycles. The number of aliphatic hydroxyl groups is 1. The predicted octanol–water partition coefficient (Wildman–Crippen LogP) is 0.699. The molecule has 1 atom stereocenters. The monoisotopic (exact) mass is 373 g/mol. The van der Waals surface area contributed by atoms with Crippen LogP contribution >= 0.6 is 0 Å². The number of anilines is 2. The van der Waals surface area contributed by atoms with Crippen LogP contribution in [0.2, 0.25) is 0 Å². The van der Waals surface area contributed by atoms with Crippen LogP contribution in [-0.2, 0) is 6.54 Å². The Morgan fingerprint density at radius 1 is 1.11 bits per heavy atom. The number of piperidine rings is 1. The zero-order valence-corrected chi connectivity index (χ0v) is 15.8. The number of aromatic nitrogens is 4. The number of aliphatic hydroxyl groups excluding tert-OH is 1. The molecule has 4 rings (SSSR count). The fraction of sp³-hybridized carbons (Fsp3) is 0.667. The lowest BCUT2D eigenvalue weighted by molar-refractivity contribution is 0.208. The normalized spacial score (nSPS) is 21.6. The zero-order chi connectivity index (χ0) is 18.6. The molecular weight excluding hydrogens is 346 g/mol. The molecule has 0 radical (unpaired) electrons. The van der Waals surface area contributed by atoms with Gasteiger partial charge in [-0.15, -0.1) is 0 Å². The summed E-state index contributed by atoms with van der Waals surface area (Å²) < 4.78 is 5.22. The minimum Gasteiger partial charge on any atom is -0.396 e. The third-order valence-corrected chi connectivity index (χ3v) is 5.36. The van der Waals surface area contributed by atoms with Crippen LogP contribution in [0.15, 0.2) is 16.9 Å². The topological polar surface area (TPSA) is 94.7 Å². The highest BCUT2D eigenvalue weighted by Crippen LogP contribution is 2.24. The highest BCUT2D eigenvalue weighted by Gasteiger charge is 2.23. The van der Waals surface area contributed by atoms with Crippen molar-refractivity contribution in [3.05, 3.63) is 24.1 Å². The lowest BCUT2D eigenvalue weighted by atomic mass is 9.99. The summed E-state index contributed by atoms with van der Waals surface area (Å²) in [5.41, 5.74) is 0. The Kier molecular flexibility index (Phi) is 5.49. The number of nitrogens with zero attached hydrogens (tertiary/aromatic N) is 7. The van der Waals surface area contributed by atoms with Gasteiger partial charge in [0, 0.05) is 51.9 Å². The smallest absolute Gasteiger partial charge is 0.240 e. The van der Waals surface area contributed by atoms with Crippen LogP contribution in [0.5, 0.6) is 0 Å². The second-order valence-corrected chi connectivity index (χ2v) is 7.37. The quantitative estimate of drug-likeness (QED) is 0.812. The SMILES string of the molecule is Cc1noc(CN2CCN(c3cc(N4CCC[C@@H](CO)C4)ncn3)CC2)n1. The van der Waals surface area contributed by atoms with Crippen LogP contribution in [0.25, 0.3) is 0 Å². The first kappa shape index (κ1) is 18.1. The highest BCUT2D eigenvalue weighted by atomic mass is 16.5. The van der Waals surface area contributed by atoms with E-state index in [-0.39, 0.29) is 6.61 Å². The van der Waals surface area contributed by atoms with E-state index in [2.05, 4.69) is 40.9 Å². The van der Waals surface area contributed by atoms with Crippen molar-refractivity contribution < 1.29 is 9.63 Å². The molecule has 1 N–H and O–H groups in total. The Balaban J connectivity index is 1.35. The van der Waals surface area contributed by atoms with Gasteiger partial charge in [-0.25, -0.2) is 9.97 Å². The van der Waals surface area contributed by atoms with Gasteiger partial charge in [0.15, 0.2) is 5.82 Å². The van der Waals surface area contributed by atoms with Crippen LogP contribution in [0.4, 0.5) is 11.6 Å². The van der Waals surface area contributed by atoms with Gasteiger partial charge in [0.2, 0.25) is 5.89 Å². The fourth-order valence-electron chi connectivity index (χ4n) is 3.84. The average Bonchev–Trinajstić information content (AvgIpc) is 3.13. The number of hydrogen-bond acceptors (Lipinski definition) is 9. The van der Waals surface area contributed by atoms with Gasteiger partial charge in [0.05, 0.1) is 6.54 Å². The predicted molar refractivity (Wildman–Crippen MR) is 101 cm³/mol. The molecule has 0 aliphatic carbocycles. The first-order valence-corrected chi connectivity index (χ1v) is 9.65. The van der Waals surface area contributed by atoms with Gasteiger partial charge in [-0.3, -0.25) is 4.90 Å².